The topological polar surface area (TPSA) is 52.7 Å². The smallest absolute Gasteiger partial charge is 0.319 e. The molecule has 1 aromatic carbocycles. The summed E-state index contributed by atoms with van der Waals surface area (Å²) in [5, 5.41) is 3.13. The van der Waals surface area contributed by atoms with Crippen LogP contribution in [0.2, 0.25) is 0 Å². The zero-order chi connectivity index (χ0) is 19.0. The van der Waals surface area contributed by atoms with E-state index in [4.69, 9.17) is 0 Å². The molecule has 0 aromatic heterocycles. The lowest BCUT2D eigenvalue weighted by atomic mass is 9.73. The van der Waals surface area contributed by atoms with E-state index in [1.54, 1.807) is 4.90 Å². The second-order valence-electron chi connectivity index (χ2n) is 8.88. The lowest BCUT2D eigenvalue weighted by Crippen LogP contribution is -2.47. The lowest BCUT2D eigenvalue weighted by Gasteiger charge is -2.41. The predicted octanol–water partition coefficient (Wildman–Crippen LogP) is 3.11. The number of nitrogens with zero attached hydrogens (tertiary/aromatic N) is 2. The van der Waals surface area contributed by atoms with E-state index in [0.717, 1.165) is 44.8 Å². The molecule has 5 heteroatoms. The van der Waals surface area contributed by atoms with Crippen molar-refractivity contribution in [3.8, 4) is 0 Å². The number of piperidine rings is 1. The van der Waals surface area contributed by atoms with Crippen LogP contribution in [0.15, 0.2) is 24.3 Å². The van der Waals surface area contributed by atoms with Gasteiger partial charge >= 0.3 is 6.03 Å². The lowest BCUT2D eigenvalue weighted by molar-refractivity contribution is -0.121. The van der Waals surface area contributed by atoms with Crippen molar-refractivity contribution in [2.45, 2.75) is 49.9 Å². The van der Waals surface area contributed by atoms with Crippen LogP contribution in [0.5, 0.6) is 0 Å². The molecule has 1 N–H and O–H groups in total. The van der Waals surface area contributed by atoms with Crippen LogP contribution in [0.25, 0.3) is 0 Å². The molecule has 1 saturated heterocycles. The third kappa shape index (κ3) is 3.69. The molecule has 2 fully saturated rings. The van der Waals surface area contributed by atoms with Crippen LogP contribution in [0.4, 0.5) is 4.79 Å². The number of urea groups is 1. The summed E-state index contributed by atoms with van der Waals surface area (Å²) in [6.07, 6.45) is 6.13. The molecule has 1 aliphatic heterocycles. The Morgan fingerprint density at radius 1 is 1.19 bits per heavy atom. The van der Waals surface area contributed by atoms with Gasteiger partial charge in [0.05, 0.1) is 0 Å². The summed E-state index contributed by atoms with van der Waals surface area (Å²) < 4.78 is 0. The van der Waals surface area contributed by atoms with Crippen molar-refractivity contribution in [1.29, 1.82) is 0 Å². The van der Waals surface area contributed by atoms with Gasteiger partial charge in [-0.15, -0.1) is 0 Å². The molecule has 0 radical (unpaired) electrons. The fourth-order valence-electron chi connectivity index (χ4n) is 4.97. The summed E-state index contributed by atoms with van der Waals surface area (Å²) in [4.78, 5) is 28.4. The molecule has 1 heterocycles. The first-order chi connectivity index (χ1) is 13.0. The molecule has 146 valence electrons. The average molecular weight is 370 g/mol. The van der Waals surface area contributed by atoms with Gasteiger partial charge in [-0.3, -0.25) is 4.79 Å². The third-order valence-corrected chi connectivity index (χ3v) is 6.70. The van der Waals surface area contributed by atoms with Gasteiger partial charge in [0.15, 0.2) is 0 Å². The first-order valence-electron chi connectivity index (χ1n) is 10.3. The summed E-state index contributed by atoms with van der Waals surface area (Å²) >= 11 is 0. The quantitative estimate of drug-likeness (QED) is 0.887. The molecule has 3 amide bonds. The van der Waals surface area contributed by atoms with Gasteiger partial charge in [-0.05, 0) is 60.5 Å². The molecule has 1 aromatic rings. The van der Waals surface area contributed by atoms with Gasteiger partial charge in [-0.1, -0.05) is 24.3 Å². The Kier molecular flexibility index (Phi) is 4.87. The maximum atomic E-state index is 12.5. The van der Waals surface area contributed by atoms with Crippen molar-refractivity contribution >= 4 is 11.9 Å². The van der Waals surface area contributed by atoms with E-state index >= 15 is 0 Å². The van der Waals surface area contributed by atoms with Gasteiger partial charge < -0.3 is 15.1 Å². The number of carbonyl (C=O) groups excluding carboxylic acids is 2. The van der Waals surface area contributed by atoms with E-state index in [0.29, 0.717) is 12.3 Å². The van der Waals surface area contributed by atoms with Gasteiger partial charge in [0.2, 0.25) is 5.91 Å². The zero-order valence-electron chi connectivity index (χ0n) is 16.5. The van der Waals surface area contributed by atoms with E-state index in [1.165, 1.54) is 24.0 Å². The third-order valence-electron chi connectivity index (χ3n) is 6.70. The number of amides is 3. The number of fused-ring (bicyclic) bond motifs is 2. The van der Waals surface area contributed by atoms with Crippen LogP contribution in [0.3, 0.4) is 0 Å². The Morgan fingerprint density at radius 2 is 1.89 bits per heavy atom. The Hall–Kier alpha value is -2.04. The molecule has 3 aliphatic rings. The summed E-state index contributed by atoms with van der Waals surface area (Å²) in [7, 11) is 3.63. The van der Waals surface area contributed by atoms with E-state index in [1.807, 2.05) is 19.0 Å². The van der Waals surface area contributed by atoms with Gasteiger partial charge in [-0.2, -0.15) is 0 Å². The normalized spacial score (nSPS) is 23.2. The first-order valence-corrected chi connectivity index (χ1v) is 10.3. The molecule has 0 bridgehead atoms. The van der Waals surface area contributed by atoms with Gasteiger partial charge in [-0.25, -0.2) is 4.79 Å². The molecule has 4 rings (SSSR count). The fourth-order valence-corrected chi connectivity index (χ4v) is 4.97. The Morgan fingerprint density at radius 3 is 2.56 bits per heavy atom. The fraction of sp³-hybridized carbons (Fsp3) is 0.636. The molecule has 27 heavy (non-hydrogen) atoms. The SMILES string of the molecule is CN(C)C(=O)N1CCC2(CC1)C[C@H](CC(=O)NCC1CC1)c1ccccc12. The highest BCUT2D eigenvalue weighted by atomic mass is 16.2. The molecule has 1 saturated carbocycles. The van der Waals surface area contributed by atoms with E-state index in [-0.39, 0.29) is 17.4 Å². The molecular weight excluding hydrogens is 338 g/mol. The minimum atomic E-state index is 0.104. The number of benzene rings is 1. The minimum Gasteiger partial charge on any atom is -0.356 e. The number of likely N-dealkylation sites (tertiary alicyclic amines) is 1. The van der Waals surface area contributed by atoms with E-state index in [9.17, 15) is 9.59 Å². The largest absolute Gasteiger partial charge is 0.356 e. The monoisotopic (exact) mass is 369 g/mol. The molecule has 1 spiro atoms. The molecule has 1 atom stereocenters. The van der Waals surface area contributed by atoms with Gasteiger partial charge in [0.1, 0.15) is 0 Å². The van der Waals surface area contributed by atoms with Crippen molar-refractivity contribution in [2.75, 3.05) is 33.7 Å². The molecular formula is C22H31N3O2. The second kappa shape index (κ2) is 7.17. The number of rotatable bonds is 4. The zero-order valence-corrected chi connectivity index (χ0v) is 16.5. The Balaban J connectivity index is 1.45. The van der Waals surface area contributed by atoms with Crippen LogP contribution in [-0.4, -0.2) is 55.5 Å². The minimum absolute atomic E-state index is 0.104. The van der Waals surface area contributed by atoms with Crippen molar-refractivity contribution in [2.24, 2.45) is 5.92 Å². The average Bonchev–Trinajstić information content (AvgIpc) is 3.46. The van der Waals surface area contributed by atoms with Crippen LogP contribution in [0, 0.1) is 5.92 Å². The standard InChI is InChI=1S/C22H31N3O2/c1-24(2)21(27)25-11-9-22(10-12-25)14-17(18-5-3-4-6-19(18)22)13-20(26)23-15-16-7-8-16/h3-6,16-17H,7-15H2,1-2H3,(H,23,26)/t17-/m0/s1. The van der Waals surface area contributed by atoms with Crippen molar-refractivity contribution < 1.29 is 9.59 Å². The summed E-state index contributed by atoms with van der Waals surface area (Å²) in [6.45, 7) is 2.44. The number of carbonyl (C=O) groups is 2. The number of hydrogen-bond donors (Lipinski definition) is 1. The predicted molar refractivity (Wildman–Crippen MR) is 106 cm³/mol. The number of nitrogens with one attached hydrogen (secondary N) is 1. The van der Waals surface area contributed by atoms with Crippen molar-refractivity contribution in [1.82, 2.24) is 15.1 Å². The molecule has 5 nitrogen and oxygen atoms in total. The Bertz CT molecular complexity index is 718. The van der Waals surface area contributed by atoms with Crippen LogP contribution in [-0.2, 0) is 10.2 Å². The highest BCUT2D eigenvalue weighted by molar-refractivity contribution is 5.77. The second-order valence-corrected chi connectivity index (χ2v) is 8.88. The van der Waals surface area contributed by atoms with Gasteiger partial charge in [0.25, 0.3) is 0 Å². The summed E-state index contributed by atoms with van der Waals surface area (Å²) in [5.41, 5.74) is 2.90. The summed E-state index contributed by atoms with van der Waals surface area (Å²) in [6, 6.07) is 8.78. The van der Waals surface area contributed by atoms with Crippen LogP contribution in [0.1, 0.15) is 55.6 Å². The highest BCUT2D eigenvalue weighted by Gasteiger charge is 2.46. The van der Waals surface area contributed by atoms with E-state index in [2.05, 4.69) is 29.6 Å². The van der Waals surface area contributed by atoms with Crippen molar-refractivity contribution in [3.63, 3.8) is 0 Å². The number of hydrogen-bond acceptors (Lipinski definition) is 2. The summed E-state index contributed by atoms with van der Waals surface area (Å²) in [5.74, 6) is 1.21. The van der Waals surface area contributed by atoms with Crippen molar-refractivity contribution in [3.05, 3.63) is 35.4 Å². The van der Waals surface area contributed by atoms with Crippen LogP contribution >= 0.6 is 0 Å². The maximum Gasteiger partial charge on any atom is 0.319 e. The first kappa shape index (κ1) is 18.3. The van der Waals surface area contributed by atoms with E-state index < -0.39 is 0 Å². The Labute approximate surface area is 162 Å². The maximum absolute atomic E-state index is 12.5. The molecule has 2 aliphatic carbocycles. The molecule has 0 unspecified atom stereocenters. The van der Waals surface area contributed by atoms with Gasteiger partial charge in [0, 0.05) is 40.2 Å². The van der Waals surface area contributed by atoms with Crippen LogP contribution < -0.4 is 5.32 Å². The highest BCUT2D eigenvalue weighted by Crippen LogP contribution is 2.52.